The maximum Gasteiger partial charge on any atom is 0.168 e. The lowest BCUT2D eigenvalue weighted by atomic mass is 10.1. The SMILES string of the molecule is CCNc1nc(N(C)CC(C)CC)c(F)cc1F. The Morgan fingerprint density at radius 1 is 1.33 bits per heavy atom. The number of pyridine rings is 1. The lowest BCUT2D eigenvalue weighted by Crippen LogP contribution is -2.26. The van der Waals surface area contributed by atoms with Crippen molar-refractivity contribution in [2.45, 2.75) is 27.2 Å². The molecule has 0 aliphatic heterocycles. The minimum absolute atomic E-state index is 0.102. The molecule has 0 radical (unpaired) electrons. The monoisotopic (exact) mass is 257 g/mol. The fraction of sp³-hybridized carbons (Fsp3) is 0.615. The van der Waals surface area contributed by atoms with Crippen molar-refractivity contribution < 1.29 is 8.78 Å². The van der Waals surface area contributed by atoms with Gasteiger partial charge in [-0.15, -0.1) is 0 Å². The molecule has 3 nitrogen and oxygen atoms in total. The van der Waals surface area contributed by atoms with Crippen molar-refractivity contribution in [1.29, 1.82) is 0 Å². The molecule has 18 heavy (non-hydrogen) atoms. The van der Waals surface area contributed by atoms with E-state index in [1.807, 2.05) is 6.92 Å². The largest absolute Gasteiger partial charge is 0.368 e. The van der Waals surface area contributed by atoms with Gasteiger partial charge in [0.05, 0.1) is 0 Å². The lowest BCUT2D eigenvalue weighted by Gasteiger charge is -2.22. The van der Waals surface area contributed by atoms with Crippen LogP contribution in [0.3, 0.4) is 0 Å². The molecule has 1 rings (SSSR count). The Labute approximate surface area is 107 Å². The molecule has 1 atom stereocenters. The van der Waals surface area contributed by atoms with E-state index in [-0.39, 0.29) is 11.6 Å². The van der Waals surface area contributed by atoms with Crippen LogP contribution in [0, 0.1) is 17.6 Å². The van der Waals surface area contributed by atoms with Gasteiger partial charge in [-0.1, -0.05) is 20.3 Å². The molecule has 0 aromatic carbocycles. The van der Waals surface area contributed by atoms with Crippen molar-refractivity contribution in [3.63, 3.8) is 0 Å². The van der Waals surface area contributed by atoms with Crippen molar-refractivity contribution in [3.05, 3.63) is 17.7 Å². The highest BCUT2D eigenvalue weighted by atomic mass is 19.1. The highest BCUT2D eigenvalue weighted by Gasteiger charge is 2.16. The Kier molecular flexibility index (Phi) is 5.31. The van der Waals surface area contributed by atoms with Gasteiger partial charge < -0.3 is 10.2 Å². The van der Waals surface area contributed by atoms with E-state index in [0.29, 0.717) is 19.0 Å². The molecule has 5 heteroatoms. The first-order valence-electron chi connectivity index (χ1n) is 6.30. The van der Waals surface area contributed by atoms with Crippen LogP contribution in [0.25, 0.3) is 0 Å². The van der Waals surface area contributed by atoms with Crippen LogP contribution in [0.5, 0.6) is 0 Å². The van der Waals surface area contributed by atoms with Crippen molar-refractivity contribution in [2.75, 3.05) is 30.4 Å². The molecule has 102 valence electrons. The minimum Gasteiger partial charge on any atom is -0.368 e. The normalized spacial score (nSPS) is 12.3. The summed E-state index contributed by atoms with van der Waals surface area (Å²) in [6.45, 7) is 7.24. The first-order valence-corrected chi connectivity index (χ1v) is 6.30. The molecule has 0 spiro atoms. The fourth-order valence-corrected chi connectivity index (χ4v) is 1.70. The van der Waals surface area contributed by atoms with E-state index in [2.05, 4.69) is 24.1 Å². The van der Waals surface area contributed by atoms with Crippen LogP contribution in [0.2, 0.25) is 0 Å². The molecule has 0 aliphatic carbocycles. The van der Waals surface area contributed by atoms with E-state index in [4.69, 9.17) is 0 Å². The van der Waals surface area contributed by atoms with E-state index in [1.165, 1.54) is 0 Å². The van der Waals surface area contributed by atoms with E-state index in [9.17, 15) is 8.78 Å². The molecule has 1 N–H and O–H groups in total. The summed E-state index contributed by atoms with van der Waals surface area (Å²) in [5, 5.41) is 2.79. The van der Waals surface area contributed by atoms with Crippen LogP contribution in [0.1, 0.15) is 27.2 Å². The average Bonchev–Trinajstić information content (AvgIpc) is 2.32. The van der Waals surface area contributed by atoms with Crippen LogP contribution in [-0.4, -0.2) is 25.1 Å². The fourth-order valence-electron chi connectivity index (χ4n) is 1.70. The summed E-state index contributed by atoms with van der Waals surface area (Å²) in [7, 11) is 1.77. The topological polar surface area (TPSA) is 28.2 Å². The average molecular weight is 257 g/mol. The maximum absolute atomic E-state index is 13.7. The number of anilines is 2. The number of halogens is 2. The Bertz CT molecular complexity index is 396. The Hall–Kier alpha value is -1.39. The summed E-state index contributed by atoms with van der Waals surface area (Å²) in [6.07, 6.45) is 1.01. The summed E-state index contributed by atoms with van der Waals surface area (Å²) >= 11 is 0. The molecular formula is C13H21F2N3. The number of hydrogen-bond donors (Lipinski definition) is 1. The van der Waals surface area contributed by atoms with Gasteiger partial charge in [0, 0.05) is 26.2 Å². The second kappa shape index (κ2) is 6.52. The first-order chi connectivity index (χ1) is 8.49. The number of nitrogens with zero attached hydrogens (tertiary/aromatic N) is 2. The molecule has 0 fully saturated rings. The molecule has 0 amide bonds. The van der Waals surface area contributed by atoms with Gasteiger partial charge in [0.15, 0.2) is 23.3 Å². The summed E-state index contributed by atoms with van der Waals surface area (Å²) in [4.78, 5) is 5.74. The predicted octanol–water partition coefficient (Wildman–Crippen LogP) is 3.27. The number of rotatable bonds is 6. The van der Waals surface area contributed by atoms with Crippen LogP contribution in [0.15, 0.2) is 6.07 Å². The van der Waals surface area contributed by atoms with Crippen molar-refractivity contribution in [3.8, 4) is 0 Å². The summed E-state index contributed by atoms with van der Waals surface area (Å²) in [6, 6.07) is 0.882. The van der Waals surface area contributed by atoms with Gasteiger partial charge >= 0.3 is 0 Å². The second-order valence-electron chi connectivity index (χ2n) is 4.55. The van der Waals surface area contributed by atoms with Gasteiger partial charge in [-0.3, -0.25) is 0 Å². The van der Waals surface area contributed by atoms with Crippen LogP contribution < -0.4 is 10.2 Å². The first kappa shape index (κ1) is 14.7. The van der Waals surface area contributed by atoms with E-state index in [0.717, 1.165) is 12.5 Å². The van der Waals surface area contributed by atoms with Gasteiger partial charge in [-0.25, -0.2) is 13.8 Å². The molecular weight excluding hydrogens is 236 g/mol. The van der Waals surface area contributed by atoms with Crippen LogP contribution >= 0.6 is 0 Å². The highest BCUT2D eigenvalue weighted by molar-refractivity contribution is 5.48. The maximum atomic E-state index is 13.7. The van der Waals surface area contributed by atoms with Gasteiger partial charge in [-0.05, 0) is 12.8 Å². The smallest absolute Gasteiger partial charge is 0.168 e. The van der Waals surface area contributed by atoms with Gasteiger partial charge in [0.25, 0.3) is 0 Å². The third-order valence-corrected chi connectivity index (χ3v) is 2.90. The zero-order valence-corrected chi connectivity index (χ0v) is 11.4. The van der Waals surface area contributed by atoms with Crippen molar-refractivity contribution in [2.24, 2.45) is 5.92 Å². The lowest BCUT2D eigenvalue weighted by molar-refractivity contribution is 0.538. The Morgan fingerprint density at radius 3 is 2.56 bits per heavy atom. The minimum atomic E-state index is -0.657. The summed E-state index contributed by atoms with van der Waals surface area (Å²) in [5.41, 5.74) is 0. The molecule has 0 saturated carbocycles. The van der Waals surface area contributed by atoms with E-state index >= 15 is 0 Å². The third kappa shape index (κ3) is 3.55. The van der Waals surface area contributed by atoms with Gasteiger partial charge in [-0.2, -0.15) is 0 Å². The zero-order chi connectivity index (χ0) is 13.7. The van der Waals surface area contributed by atoms with E-state index in [1.54, 1.807) is 11.9 Å². The van der Waals surface area contributed by atoms with Crippen molar-refractivity contribution in [1.82, 2.24) is 4.98 Å². The van der Waals surface area contributed by atoms with Gasteiger partial charge in [0.2, 0.25) is 0 Å². The predicted molar refractivity (Wildman–Crippen MR) is 71.0 cm³/mol. The quantitative estimate of drug-likeness (QED) is 0.847. The third-order valence-electron chi connectivity index (χ3n) is 2.90. The number of aromatic nitrogens is 1. The molecule has 1 aromatic rings. The summed E-state index contributed by atoms with van der Waals surface area (Å²) in [5.74, 6) is -0.559. The van der Waals surface area contributed by atoms with Gasteiger partial charge in [0.1, 0.15) is 0 Å². The number of nitrogens with one attached hydrogen (secondary N) is 1. The molecule has 0 aliphatic rings. The highest BCUT2D eigenvalue weighted by Crippen LogP contribution is 2.22. The van der Waals surface area contributed by atoms with Crippen LogP contribution in [0.4, 0.5) is 20.4 Å². The molecule has 1 heterocycles. The Balaban J connectivity index is 2.96. The molecule has 0 saturated heterocycles. The zero-order valence-electron chi connectivity index (χ0n) is 11.4. The number of hydrogen-bond acceptors (Lipinski definition) is 3. The molecule has 0 bridgehead atoms. The standard InChI is InChI=1S/C13H21F2N3/c1-5-9(3)8-18(4)13-11(15)7-10(14)12(17-13)16-6-2/h7,9H,5-6,8H2,1-4H3,(H,16,17). The molecule has 1 aromatic heterocycles. The Morgan fingerprint density at radius 2 is 2.00 bits per heavy atom. The van der Waals surface area contributed by atoms with E-state index < -0.39 is 11.6 Å². The van der Waals surface area contributed by atoms with Crippen molar-refractivity contribution >= 4 is 11.6 Å². The second-order valence-corrected chi connectivity index (χ2v) is 4.55. The van der Waals surface area contributed by atoms with Crippen LogP contribution in [-0.2, 0) is 0 Å². The summed E-state index contributed by atoms with van der Waals surface area (Å²) < 4.78 is 27.1. The molecule has 1 unspecified atom stereocenters.